The van der Waals surface area contributed by atoms with Crippen molar-refractivity contribution in [2.45, 2.75) is 32.7 Å². The maximum absolute atomic E-state index is 5.87. The Bertz CT molecular complexity index is 493. The molecule has 4 heteroatoms. The molecule has 2 rings (SSSR count). The Kier molecular flexibility index (Phi) is 3.54. The lowest BCUT2D eigenvalue weighted by Gasteiger charge is -2.02. The molecule has 0 saturated carbocycles. The summed E-state index contributed by atoms with van der Waals surface area (Å²) in [6.45, 7) is 4.11. The lowest BCUT2D eigenvalue weighted by atomic mass is 10.1. The van der Waals surface area contributed by atoms with Crippen LogP contribution in [0.1, 0.15) is 37.7 Å². The lowest BCUT2D eigenvalue weighted by Crippen LogP contribution is -2.10. The fraction of sp³-hybridized carbons (Fsp3) is 0.385. The number of benzene rings is 1. The summed E-state index contributed by atoms with van der Waals surface area (Å²) < 4.78 is 5.28. The summed E-state index contributed by atoms with van der Waals surface area (Å²) in [5, 5.41) is 3.93. The number of nitrogens with two attached hydrogens (primary N) is 1. The smallest absolute Gasteiger partial charge is 0.258 e. The molecule has 1 atom stereocenters. The molecule has 1 aromatic carbocycles. The number of hydrogen-bond donors (Lipinski definition) is 1. The SMILES string of the molecule is CCc1ccccc1-c1nc(C(N)CC)no1. The molecule has 2 N–H and O–H groups in total. The van der Waals surface area contributed by atoms with Crippen LogP contribution >= 0.6 is 0 Å². The zero-order valence-electron chi connectivity index (χ0n) is 10.2. The third kappa shape index (κ3) is 2.36. The molecule has 0 spiro atoms. The topological polar surface area (TPSA) is 64.9 Å². The van der Waals surface area contributed by atoms with Gasteiger partial charge in [0.05, 0.1) is 6.04 Å². The van der Waals surface area contributed by atoms with Gasteiger partial charge in [0.25, 0.3) is 5.89 Å². The molecule has 1 unspecified atom stereocenters. The number of hydrogen-bond acceptors (Lipinski definition) is 4. The molecule has 0 saturated heterocycles. The average Bonchev–Trinajstić information content (AvgIpc) is 2.87. The molecule has 0 amide bonds. The van der Waals surface area contributed by atoms with E-state index in [1.165, 1.54) is 5.56 Å². The summed E-state index contributed by atoms with van der Waals surface area (Å²) >= 11 is 0. The third-order valence-electron chi connectivity index (χ3n) is 2.84. The molecule has 2 aromatic rings. The second kappa shape index (κ2) is 5.10. The maximum Gasteiger partial charge on any atom is 0.258 e. The lowest BCUT2D eigenvalue weighted by molar-refractivity contribution is 0.415. The van der Waals surface area contributed by atoms with E-state index in [1.807, 2.05) is 25.1 Å². The predicted octanol–water partition coefficient (Wildman–Crippen LogP) is 2.71. The minimum absolute atomic E-state index is 0.152. The van der Waals surface area contributed by atoms with Crippen LogP contribution in [-0.4, -0.2) is 10.1 Å². The van der Waals surface area contributed by atoms with E-state index in [4.69, 9.17) is 10.3 Å². The van der Waals surface area contributed by atoms with Gasteiger partial charge in [-0.15, -0.1) is 0 Å². The summed E-state index contributed by atoms with van der Waals surface area (Å²) in [6, 6.07) is 7.89. The first-order valence-corrected chi connectivity index (χ1v) is 5.93. The normalized spacial score (nSPS) is 12.6. The van der Waals surface area contributed by atoms with Crippen LogP contribution in [0.4, 0.5) is 0 Å². The van der Waals surface area contributed by atoms with Crippen LogP contribution in [0.15, 0.2) is 28.8 Å². The summed E-state index contributed by atoms with van der Waals surface area (Å²) in [5.74, 6) is 1.13. The average molecular weight is 231 g/mol. The van der Waals surface area contributed by atoms with Crippen molar-refractivity contribution < 1.29 is 4.52 Å². The van der Waals surface area contributed by atoms with Crippen LogP contribution in [0.5, 0.6) is 0 Å². The van der Waals surface area contributed by atoms with Gasteiger partial charge in [0.15, 0.2) is 5.82 Å². The molecule has 0 aliphatic rings. The van der Waals surface area contributed by atoms with Gasteiger partial charge in [-0.05, 0) is 24.5 Å². The largest absolute Gasteiger partial charge is 0.334 e. The van der Waals surface area contributed by atoms with E-state index < -0.39 is 0 Å². The quantitative estimate of drug-likeness (QED) is 0.878. The number of nitrogens with zero attached hydrogens (tertiary/aromatic N) is 2. The van der Waals surface area contributed by atoms with Crippen LogP contribution in [0.25, 0.3) is 11.5 Å². The number of rotatable bonds is 4. The molecule has 1 heterocycles. The first kappa shape index (κ1) is 11.8. The highest BCUT2D eigenvalue weighted by atomic mass is 16.5. The highest BCUT2D eigenvalue weighted by molar-refractivity contribution is 5.58. The minimum Gasteiger partial charge on any atom is -0.334 e. The van der Waals surface area contributed by atoms with Crippen LogP contribution in [0.2, 0.25) is 0 Å². The fourth-order valence-corrected chi connectivity index (χ4v) is 1.71. The van der Waals surface area contributed by atoms with Crippen LogP contribution in [-0.2, 0) is 6.42 Å². The standard InChI is InChI=1S/C13H17N3O/c1-3-9-7-5-6-8-10(9)13-15-12(16-17-13)11(14)4-2/h5-8,11H,3-4,14H2,1-2H3. The minimum atomic E-state index is -0.152. The predicted molar refractivity (Wildman–Crippen MR) is 66.3 cm³/mol. The number of aromatic nitrogens is 2. The Morgan fingerprint density at radius 1 is 1.29 bits per heavy atom. The highest BCUT2D eigenvalue weighted by Crippen LogP contribution is 2.23. The van der Waals surface area contributed by atoms with E-state index >= 15 is 0 Å². The molecule has 0 radical (unpaired) electrons. The van der Waals surface area contributed by atoms with E-state index in [0.29, 0.717) is 11.7 Å². The zero-order chi connectivity index (χ0) is 12.3. The molecule has 0 bridgehead atoms. The Balaban J connectivity index is 2.37. The highest BCUT2D eigenvalue weighted by Gasteiger charge is 2.15. The van der Waals surface area contributed by atoms with Gasteiger partial charge in [0.1, 0.15) is 0 Å². The second-order valence-electron chi connectivity index (χ2n) is 3.98. The summed E-state index contributed by atoms with van der Waals surface area (Å²) in [5.41, 5.74) is 8.07. The second-order valence-corrected chi connectivity index (χ2v) is 3.98. The van der Waals surface area contributed by atoms with Gasteiger partial charge in [-0.25, -0.2) is 0 Å². The molecular formula is C13H17N3O. The van der Waals surface area contributed by atoms with Gasteiger partial charge in [0.2, 0.25) is 0 Å². The molecule has 0 fully saturated rings. The Morgan fingerprint density at radius 3 is 2.76 bits per heavy atom. The first-order chi connectivity index (χ1) is 8.26. The van der Waals surface area contributed by atoms with Crippen molar-refractivity contribution in [3.63, 3.8) is 0 Å². The summed E-state index contributed by atoms with van der Waals surface area (Å²) in [6.07, 6.45) is 1.74. The molecule has 1 aromatic heterocycles. The van der Waals surface area contributed by atoms with E-state index in [-0.39, 0.29) is 6.04 Å². The molecule has 17 heavy (non-hydrogen) atoms. The van der Waals surface area contributed by atoms with Gasteiger partial charge >= 0.3 is 0 Å². The van der Waals surface area contributed by atoms with Crippen molar-refractivity contribution in [3.05, 3.63) is 35.7 Å². The van der Waals surface area contributed by atoms with Gasteiger partial charge in [0, 0.05) is 5.56 Å². The summed E-state index contributed by atoms with van der Waals surface area (Å²) in [7, 11) is 0. The van der Waals surface area contributed by atoms with Crippen LogP contribution in [0.3, 0.4) is 0 Å². The molecular weight excluding hydrogens is 214 g/mol. The van der Waals surface area contributed by atoms with Crippen LogP contribution < -0.4 is 5.73 Å². The first-order valence-electron chi connectivity index (χ1n) is 5.93. The molecule has 4 nitrogen and oxygen atoms in total. The molecule has 90 valence electrons. The Labute approximate surface area is 101 Å². The van der Waals surface area contributed by atoms with Crippen molar-refractivity contribution in [1.29, 1.82) is 0 Å². The van der Waals surface area contributed by atoms with Crippen molar-refractivity contribution in [2.75, 3.05) is 0 Å². The van der Waals surface area contributed by atoms with Gasteiger partial charge in [-0.1, -0.05) is 37.2 Å². The van der Waals surface area contributed by atoms with Gasteiger partial charge in [-0.2, -0.15) is 4.98 Å². The maximum atomic E-state index is 5.87. The monoisotopic (exact) mass is 231 g/mol. The van der Waals surface area contributed by atoms with E-state index in [2.05, 4.69) is 23.1 Å². The fourth-order valence-electron chi connectivity index (χ4n) is 1.71. The van der Waals surface area contributed by atoms with Crippen molar-refractivity contribution in [3.8, 4) is 11.5 Å². The van der Waals surface area contributed by atoms with Gasteiger partial charge < -0.3 is 10.3 Å². The van der Waals surface area contributed by atoms with E-state index in [1.54, 1.807) is 0 Å². The van der Waals surface area contributed by atoms with Crippen molar-refractivity contribution in [1.82, 2.24) is 10.1 Å². The van der Waals surface area contributed by atoms with E-state index in [0.717, 1.165) is 18.4 Å². The zero-order valence-corrected chi connectivity index (χ0v) is 10.2. The van der Waals surface area contributed by atoms with Crippen LogP contribution in [0, 0.1) is 0 Å². The van der Waals surface area contributed by atoms with Crippen molar-refractivity contribution in [2.24, 2.45) is 5.73 Å². The molecule has 0 aliphatic carbocycles. The Morgan fingerprint density at radius 2 is 2.06 bits per heavy atom. The number of aryl methyl sites for hydroxylation is 1. The van der Waals surface area contributed by atoms with Gasteiger partial charge in [-0.3, -0.25) is 0 Å². The van der Waals surface area contributed by atoms with E-state index in [9.17, 15) is 0 Å². The molecule has 0 aliphatic heterocycles. The summed E-state index contributed by atoms with van der Waals surface area (Å²) in [4.78, 5) is 4.36. The third-order valence-corrected chi connectivity index (χ3v) is 2.84. The van der Waals surface area contributed by atoms with Crippen molar-refractivity contribution >= 4 is 0 Å². The Hall–Kier alpha value is -1.68.